The number of nitrogen functional groups attached to an aromatic ring is 1. The third kappa shape index (κ3) is 2.81. The van der Waals surface area contributed by atoms with Crippen LogP contribution in [0.3, 0.4) is 0 Å². The second-order valence-electron chi connectivity index (χ2n) is 4.23. The van der Waals surface area contributed by atoms with Crippen LogP contribution in [0.15, 0.2) is 23.6 Å². The monoisotopic (exact) mass is 231 g/mol. The standard InChI is InChI=1S/C12H17N5/c1-15-10(4-8-2-3-8)9(6-13)11-5-12(14)17-7-16-11/h5-8H,2-4,13H2,1H3,(H2,14,16,17). The van der Waals surface area contributed by atoms with Gasteiger partial charge < -0.3 is 11.5 Å². The van der Waals surface area contributed by atoms with Gasteiger partial charge in [0, 0.05) is 30.6 Å². The van der Waals surface area contributed by atoms with Crippen molar-refractivity contribution in [2.75, 3.05) is 12.8 Å². The molecule has 5 heteroatoms. The molecule has 1 aliphatic carbocycles. The highest BCUT2D eigenvalue weighted by Gasteiger charge is 2.25. The van der Waals surface area contributed by atoms with E-state index in [1.165, 1.54) is 19.2 Å². The molecule has 17 heavy (non-hydrogen) atoms. The van der Waals surface area contributed by atoms with E-state index in [0.717, 1.165) is 29.3 Å². The fourth-order valence-corrected chi connectivity index (χ4v) is 1.77. The van der Waals surface area contributed by atoms with Crippen molar-refractivity contribution in [2.45, 2.75) is 19.3 Å². The van der Waals surface area contributed by atoms with Gasteiger partial charge in [-0.1, -0.05) is 0 Å². The van der Waals surface area contributed by atoms with E-state index in [1.54, 1.807) is 19.3 Å². The lowest BCUT2D eigenvalue weighted by Crippen LogP contribution is -2.08. The largest absolute Gasteiger partial charge is 0.404 e. The van der Waals surface area contributed by atoms with E-state index in [-0.39, 0.29) is 0 Å². The molecule has 0 amide bonds. The third-order valence-corrected chi connectivity index (χ3v) is 2.89. The lowest BCUT2D eigenvalue weighted by atomic mass is 10.0. The zero-order valence-corrected chi connectivity index (χ0v) is 9.93. The number of aliphatic imine (C=N–C) groups is 1. The average molecular weight is 231 g/mol. The second kappa shape index (κ2) is 4.95. The molecule has 0 aliphatic heterocycles. The minimum absolute atomic E-state index is 0.441. The number of rotatable bonds is 4. The molecule has 0 unspecified atom stereocenters. The summed E-state index contributed by atoms with van der Waals surface area (Å²) in [6.45, 7) is 0. The highest BCUT2D eigenvalue weighted by Crippen LogP contribution is 2.34. The smallest absolute Gasteiger partial charge is 0.127 e. The molecule has 1 aromatic rings. The SMILES string of the molecule is CN=C(CC1CC1)C(=CN)c1cc(N)ncn1. The number of hydrogen-bond donors (Lipinski definition) is 2. The average Bonchev–Trinajstić information content (AvgIpc) is 3.13. The summed E-state index contributed by atoms with van der Waals surface area (Å²) in [6.07, 6.45) is 6.51. The van der Waals surface area contributed by atoms with Crippen LogP contribution in [0.2, 0.25) is 0 Å². The van der Waals surface area contributed by atoms with Crippen molar-refractivity contribution in [1.29, 1.82) is 0 Å². The fraction of sp³-hybridized carbons (Fsp3) is 0.417. The Morgan fingerprint density at radius 1 is 1.53 bits per heavy atom. The van der Waals surface area contributed by atoms with Gasteiger partial charge in [0.2, 0.25) is 0 Å². The molecule has 2 rings (SSSR count). The summed E-state index contributed by atoms with van der Waals surface area (Å²) < 4.78 is 0. The summed E-state index contributed by atoms with van der Waals surface area (Å²) in [6, 6.07) is 1.72. The Labute approximate surface area is 101 Å². The van der Waals surface area contributed by atoms with E-state index in [4.69, 9.17) is 11.5 Å². The van der Waals surface area contributed by atoms with Crippen LogP contribution in [-0.2, 0) is 0 Å². The van der Waals surface area contributed by atoms with Crippen LogP contribution in [0, 0.1) is 5.92 Å². The van der Waals surface area contributed by atoms with Gasteiger partial charge in [0.05, 0.1) is 5.69 Å². The summed E-state index contributed by atoms with van der Waals surface area (Å²) in [5, 5.41) is 0. The summed E-state index contributed by atoms with van der Waals surface area (Å²) in [7, 11) is 1.78. The van der Waals surface area contributed by atoms with Crippen LogP contribution >= 0.6 is 0 Å². The van der Waals surface area contributed by atoms with Crippen LogP contribution in [0.1, 0.15) is 25.0 Å². The molecule has 0 radical (unpaired) electrons. The molecular weight excluding hydrogens is 214 g/mol. The van der Waals surface area contributed by atoms with E-state index in [1.807, 2.05) is 0 Å². The molecule has 5 nitrogen and oxygen atoms in total. The minimum atomic E-state index is 0.441. The van der Waals surface area contributed by atoms with Crippen LogP contribution in [0.4, 0.5) is 5.82 Å². The van der Waals surface area contributed by atoms with E-state index in [2.05, 4.69) is 15.0 Å². The predicted molar refractivity (Wildman–Crippen MR) is 69.3 cm³/mol. The highest BCUT2D eigenvalue weighted by molar-refractivity contribution is 6.23. The number of nitrogens with two attached hydrogens (primary N) is 2. The Kier molecular flexibility index (Phi) is 3.37. The molecular formula is C12H17N5. The first kappa shape index (κ1) is 11.6. The number of aromatic nitrogens is 2. The Bertz CT molecular complexity index is 460. The van der Waals surface area contributed by atoms with Gasteiger partial charge >= 0.3 is 0 Å². The van der Waals surface area contributed by atoms with E-state index in [9.17, 15) is 0 Å². The summed E-state index contributed by atoms with van der Waals surface area (Å²) in [5.41, 5.74) is 13.9. The quantitative estimate of drug-likeness (QED) is 0.762. The van der Waals surface area contributed by atoms with Crippen LogP contribution in [0.5, 0.6) is 0 Å². The van der Waals surface area contributed by atoms with Gasteiger partial charge in [0.1, 0.15) is 12.1 Å². The van der Waals surface area contributed by atoms with Gasteiger partial charge in [-0.25, -0.2) is 9.97 Å². The molecule has 1 fully saturated rings. The van der Waals surface area contributed by atoms with E-state index >= 15 is 0 Å². The van der Waals surface area contributed by atoms with Crippen molar-refractivity contribution in [2.24, 2.45) is 16.6 Å². The van der Waals surface area contributed by atoms with Gasteiger partial charge in [-0.15, -0.1) is 0 Å². The van der Waals surface area contributed by atoms with Crippen molar-refractivity contribution in [1.82, 2.24) is 9.97 Å². The maximum Gasteiger partial charge on any atom is 0.127 e. The van der Waals surface area contributed by atoms with Crippen molar-refractivity contribution >= 4 is 17.1 Å². The van der Waals surface area contributed by atoms with Gasteiger partial charge in [-0.2, -0.15) is 0 Å². The maximum absolute atomic E-state index is 5.68. The van der Waals surface area contributed by atoms with E-state index < -0.39 is 0 Å². The molecule has 1 aromatic heterocycles. The Hall–Kier alpha value is -1.91. The number of anilines is 1. The number of nitrogens with zero attached hydrogens (tertiary/aromatic N) is 3. The lowest BCUT2D eigenvalue weighted by molar-refractivity contribution is 0.896. The molecule has 1 saturated carbocycles. The topological polar surface area (TPSA) is 90.2 Å². The van der Waals surface area contributed by atoms with Crippen LogP contribution < -0.4 is 11.5 Å². The first-order valence-corrected chi connectivity index (χ1v) is 5.70. The highest BCUT2D eigenvalue weighted by atomic mass is 14.9. The Balaban J connectivity index is 2.25. The first-order chi connectivity index (χ1) is 8.24. The molecule has 1 aliphatic rings. The lowest BCUT2D eigenvalue weighted by Gasteiger charge is -2.09. The van der Waals surface area contributed by atoms with Crippen molar-refractivity contribution < 1.29 is 0 Å². The normalized spacial score (nSPS) is 17.2. The van der Waals surface area contributed by atoms with Crippen LogP contribution in [0.25, 0.3) is 5.57 Å². The minimum Gasteiger partial charge on any atom is -0.404 e. The molecule has 1 heterocycles. The predicted octanol–water partition coefficient (Wildman–Crippen LogP) is 1.23. The third-order valence-electron chi connectivity index (χ3n) is 2.89. The van der Waals surface area contributed by atoms with Gasteiger partial charge in [0.15, 0.2) is 0 Å². The fourth-order valence-electron chi connectivity index (χ4n) is 1.77. The molecule has 90 valence electrons. The molecule has 0 aromatic carbocycles. The zero-order valence-electron chi connectivity index (χ0n) is 9.93. The summed E-state index contributed by atoms with van der Waals surface area (Å²) in [4.78, 5) is 12.4. The van der Waals surface area contributed by atoms with Crippen LogP contribution in [-0.4, -0.2) is 22.7 Å². The first-order valence-electron chi connectivity index (χ1n) is 5.70. The zero-order chi connectivity index (χ0) is 12.3. The number of hydrogen-bond acceptors (Lipinski definition) is 5. The second-order valence-corrected chi connectivity index (χ2v) is 4.23. The van der Waals surface area contributed by atoms with E-state index in [0.29, 0.717) is 5.82 Å². The Morgan fingerprint density at radius 2 is 2.29 bits per heavy atom. The van der Waals surface area contributed by atoms with Crippen molar-refractivity contribution in [3.63, 3.8) is 0 Å². The molecule has 0 atom stereocenters. The van der Waals surface area contributed by atoms with Gasteiger partial charge in [-0.3, -0.25) is 4.99 Å². The molecule has 0 bridgehead atoms. The molecule has 4 N–H and O–H groups in total. The van der Waals surface area contributed by atoms with Gasteiger partial charge in [-0.05, 0) is 25.2 Å². The summed E-state index contributed by atoms with van der Waals surface area (Å²) >= 11 is 0. The maximum atomic E-state index is 5.68. The molecule has 0 spiro atoms. The molecule has 0 saturated heterocycles. The van der Waals surface area contributed by atoms with Gasteiger partial charge in [0.25, 0.3) is 0 Å². The number of allylic oxidation sites excluding steroid dienone is 1. The van der Waals surface area contributed by atoms with Crippen molar-refractivity contribution in [3.8, 4) is 0 Å². The van der Waals surface area contributed by atoms with Crippen molar-refractivity contribution in [3.05, 3.63) is 24.3 Å². The Morgan fingerprint density at radius 3 is 2.82 bits per heavy atom. The summed E-state index contributed by atoms with van der Waals surface area (Å²) in [5.74, 6) is 1.19.